The fourth-order valence-corrected chi connectivity index (χ4v) is 14.3. The van der Waals surface area contributed by atoms with Crippen molar-refractivity contribution in [1.29, 1.82) is 0 Å². The quantitative estimate of drug-likeness (QED) is 0.544. The molecule has 4 unspecified atom stereocenters. The minimum atomic E-state index is 1.17. The van der Waals surface area contributed by atoms with E-state index in [-0.39, 0.29) is 0 Å². The molecule has 0 saturated heterocycles. The maximum Gasteiger partial charge on any atom is 0.0179 e. The molecule has 1 nitrogen and oxygen atoms in total. The molecular formula is CH7NP4. The van der Waals surface area contributed by atoms with Gasteiger partial charge in [-0.2, -0.15) is 0 Å². The molecule has 36 valence electrons. The minimum Gasteiger partial charge on any atom is -0.324 e. The summed E-state index contributed by atoms with van der Waals surface area (Å²) in [4.78, 5) is 0. The van der Waals surface area contributed by atoms with Gasteiger partial charge in [-0.1, -0.05) is 15.1 Å². The first-order valence-corrected chi connectivity index (χ1v) is 8.54. The second-order valence-corrected chi connectivity index (χ2v) is 11.1. The van der Waals surface area contributed by atoms with Crippen molar-refractivity contribution in [1.82, 2.24) is 4.09 Å². The van der Waals surface area contributed by atoms with E-state index in [1.165, 1.54) is 31.2 Å². The van der Waals surface area contributed by atoms with Crippen molar-refractivity contribution >= 4 is 31.2 Å². The molecule has 0 saturated carbocycles. The summed E-state index contributed by atoms with van der Waals surface area (Å²) in [5.41, 5.74) is 0. The lowest BCUT2D eigenvalue weighted by atomic mass is 11.6. The zero-order valence-electron chi connectivity index (χ0n) is 3.45. The summed E-state index contributed by atoms with van der Waals surface area (Å²) >= 11 is 0. The Bertz CT molecular complexity index is 111. The van der Waals surface area contributed by atoms with Crippen LogP contribution in [-0.4, -0.2) is 4.09 Å². The fraction of sp³-hybridized carbons (Fsp3) is 1.00. The Morgan fingerprint density at radius 2 is 1.67 bits per heavy atom. The van der Waals surface area contributed by atoms with Gasteiger partial charge in [-0.05, 0) is 16.1 Å². The van der Waals surface area contributed by atoms with Crippen LogP contribution >= 0.6 is 31.2 Å². The van der Waals surface area contributed by atoms with E-state index >= 15 is 0 Å². The minimum absolute atomic E-state index is 1.17. The molecule has 0 bridgehead atoms. The number of rotatable bonds is 0. The third kappa shape index (κ3) is 1.25. The number of aromatic nitrogens is 1. The van der Waals surface area contributed by atoms with Crippen LogP contribution in [0.2, 0.25) is 0 Å². The van der Waals surface area contributed by atoms with Crippen molar-refractivity contribution < 1.29 is 0 Å². The maximum atomic E-state index is 2.44. The molecule has 1 rings (SSSR count). The fourth-order valence-electron chi connectivity index (χ4n) is 0.252. The highest BCUT2D eigenvalue weighted by molar-refractivity contribution is 8.31. The van der Waals surface area contributed by atoms with E-state index < -0.39 is 0 Å². The molecule has 0 aromatic carbocycles. The molecule has 0 N–H and O–H groups in total. The molecule has 1 aromatic heterocycles. The van der Waals surface area contributed by atoms with Crippen molar-refractivity contribution in [3.8, 4) is 0 Å². The average molecular weight is 157 g/mol. The predicted molar refractivity (Wildman–Crippen MR) is 41.0 cm³/mol. The average Bonchev–Trinajstić information content (AvgIpc) is 1.86. The summed E-state index contributed by atoms with van der Waals surface area (Å²) in [5.74, 6) is 0. The molecule has 0 aliphatic carbocycles. The highest BCUT2D eigenvalue weighted by Crippen LogP contribution is 2.39. The Morgan fingerprint density at radius 1 is 1.17 bits per heavy atom. The van der Waals surface area contributed by atoms with Crippen LogP contribution in [-0.2, 0) is 7.05 Å². The highest BCUT2D eigenvalue weighted by atomic mass is 32.3. The van der Waals surface area contributed by atoms with Crippen molar-refractivity contribution in [2.75, 3.05) is 0 Å². The van der Waals surface area contributed by atoms with E-state index in [1.807, 2.05) is 0 Å². The van der Waals surface area contributed by atoms with E-state index in [1.54, 1.807) is 0 Å². The summed E-state index contributed by atoms with van der Waals surface area (Å²) < 4.78 is 2.44. The molecule has 1 heterocycles. The molecule has 0 radical (unpaired) electrons. The van der Waals surface area contributed by atoms with E-state index in [0.717, 1.165) is 0 Å². The molecule has 0 aliphatic rings. The topological polar surface area (TPSA) is 4.93 Å². The first-order valence-electron chi connectivity index (χ1n) is 1.64. The maximum absolute atomic E-state index is 2.44. The molecule has 0 fully saturated rings. The standard InChI is InChI=1S/CH7NP4/c1-2-3-5-6-4-2/h3-6H,1H3. The largest absolute Gasteiger partial charge is 0.324 e. The van der Waals surface area contributed by atoms with E-state index in [0.29, 0.717) is 0 Å². The second-order valence-electron chi connectivity index (χ2n) is 1.03. The zero-order valence-corrected chi connectivity index (χ0v) is 7.45. The number of aryl methyl sites for hydroxylation is 1. The summed E-state index contributed by atoms with van der Waals surface area (Å²) in [7, 11) is 7.11. The van der Waals surface area contributed by atoms with E-state index in [4.69, 9.17) is 0 Å². The molecule has 6 heavy (non-hydrogen) atoms. The monoisotopic (exact) mass is 157 g/mol. The van der Waals surface area contributed by atoms with Gasteiger partial charge >= 0.3 is 0 Å². The van der Waals surface area contributed by atoms with Crippen molar-refractivity contribution in [3.63, 3.8) is 0 Å². The lowest BCUT2D eigenvalue weighted by Crippen LogP contribution is -1.60. The van der Waals surface area contributed by atoms with Gasteiger partial charge in [0.15, 0.2) is 0 Å². The highest BCUT2D eigenvalue weighted by Gasteiger charge is 1.66. The molecule has 4 atom stereocenters. The van der Waals surface area contributed by atoms with Crippen LogP contribution in [0, 0.1) is 0 Å². The Labute approximate surface area is 43.0 Å². The van der Waals surface area contributed by atoms with Crippen LogP contribution in [0.1, 0.15) is 0 Å². The van der Waals surface area contributed by atoms with Gasteiger partial charge in [-0.15, -0.1) is 0 Å². The van der Waals surface area contributed by atoms with E-state index in [2.05, 4.69) is 11.1 Å². The molecular weight excluding hydrogens is 150 g/mol. The second kappa shape index (κ2) is 2.34. The number of hydrogen-bond donors (Lipinski definition) is 0. The number of nitrogens with zero attached hydrogens (tertiary/aromatic N) is 1. The molecule has 5 heteroatoms. The van der Waals surface area contributed by atoms with Gasteiger partial charge in [0.1, 0.15) is 0 Å². The normalized spacial score (nSPS) is 14.2. The van der Waals surface area contributed by atoms with Gasteiger partial charge in [-0.25, -0.2) is 0 Å². The van der Waals surface area contributed by atoms with E-state index in [9.17, 15) is 0 Å². The van der Waals surface area contributed by atoms with Gasteiger partial charge in [-0.3, -0.25) is 0 Å². The third-order valence-electron chi connectivity index (χ3n) is 0.510. The van der Waals surface area contributed by atoms with Crippen molar-refractivity contribution in [3.05, 3.63) is 0 Å². The lowest BCUT2D eigenvalue weighted by Gasteiger charge is -1.78. The molecule has 0 aliphatic heterocycles. The summed E-state index contributed by atoms with van der Waals surface area (Å²) in [5, 5.41) is 0. The third-order valence-corrected chi connectivity index (χ3v) is 13.1. The van der Waals surface area contributed by atoms with Gasteiger partial charge < -0.3 is 4.09 Å². The summed E-state index contributed by atoms with van der Waals surface area (Å²) in [6.07, 6.45) is 0. The van der Waals surface area contributed by atoms with Gasteiger partial charge in [0.05, 0.1) is 0 Å². The van der Waals surface area contributed by atoms with Gasteiger partial charge in [0, 0.05) is 7.05 Å². The molecule has 0 spiro atoms. The van der Waals surface area contributed by atoms with Gasteiger partial charge in [0.25, 0.3) is 0 Å². The van der Waals surface area contributed by atoms with Crippen molar-refractivity contribution in [2.24, 2.45) is 7.05 Å². The summed E-state index contributed by atoms with van der Waals surface area (Å²) in [6, 6.07) is 0. The number of hydrogen-bond acceptors (Lipinski definition) is 0. The van der Waals surface area contributed by atoms with Crippen LogP contribution in [0.3, 0.4) is 0 Å². The van der Waals surface area contributed by atoms with Crippen LogP contribution in [0.15, 0.2) is 0 Å². The van der Waals surface area contributed by atoms with Crippen LogP contribution in [0.25, 0.3) is 0 Å². The van der Waals surface area contributed by atoms with Gasteiger partial charge in [0.2, 0.25) is 0 Å². The Morgan fingerprint density at radius 3 is 1.83 bits per heavy atom. The zero-order chi connectivity index (χ0) is 4.41. The SMILES string of the molecule is Cn1[pH][pH][pH][pH]1. The first-order chi connectivity index (χ1) is 2.89. The Balaban J connectivity index is 3.05. The predicted octanol–water partition coefficient (Wildman–Crippen LogP) is 2.27. The molecule has 1 aromatic rings. The summed E-state index contributed by atoms with van der Waals surface area (Å²) in [6.45, 7) is 0. The van der Waals surface area contributed by atoms with Crippen LogP contribution in [0.5, 0.6) is 0 Å². The van der Waals surface area contributed by atoms with Crippen LogP contribution < -0.4 is 0 Å². The van der Waals surface area contributed by atoms with Crippen LogP contribution in [0.4, 0.5) is 0 Å². The molecule has 0 amide bonds. The Kier molecular flexibility index (Phi) is 2.01. The van der Waals surface area contributed by atoms with Crippen molar-refractivity contribution in [2.45, 2.75) is 0 Å². The Hall–Kier alpha value is 1.00. The smallest absolute Gasteiger partial charge is 0.0179 e. The first kappa shape index (κ1) is 5.14. The lowest BCUT2D eigenvalue weighted by molar-refractivity contribution is 1.16.